The lowest BCUT2D eigenvalue weighted by molar-refractivity contribution is 0.632. The first kappa shape index (κ1) is 15.0. The van der Waals surface area contributed by atoms with Crippen LogP contribution in [0, 0.1) is 5.82 Å². The van der Waals surface area contributed by atoms with E-state index in [1.54, 1.807) is 24.3 Å². The monoisotopic (exact) mass is 308 g/mol. The van der Waals surface area contributed by atoms with E-state index in [4.69, 9.17) is 0 Å². The third-order valence-corrected chi connectivity index (χ3v) is 3.44. The number of aromatic nitrogens is 2. The standard InChI is InChI=1S/C18H17FN4/c1-23(12-14-7-3-2-4-8-14)18-11-17(20-13-21-18)22-16-10-6-5-9-15(16)19/h2-11,13H,12H2,1H3,(H,20,21,22). The molecule has 2 aromatic carbocycles. The Morgan fingerprint density at radius 2 is 1.74 bits per heavy atom. The van der Waals surface area contributed by atoms with E-state index >= 15 is 0 Å². The summed E-state index contributed by atoms with van der Waals surface area (Å²) in [6.45, 7) is 0.733. The summed E-state index contributed by atoms with van der Waals surface area (Å²) in [5, 5.41) is 2.98. The molecule has 0 unspecified atom stereocenters. The molecule has 0 saturated heterocycles. The van der Waals surface area contributed by atoms with Crippen LogP contribution in [0.4, 0.5) is 21.7 Å². The van der Waals surface area contributed by atoms with Gasteiger partial charge in [0.05, 0.1) is 5.69 Å². The molecular weight excluding hydrogens is 291 g/mol. The number of nitrogens with one attached hydrogen (secondary N) is 1. The number of para-hydroxylation sites is 1. The Morgan fingerprint density at radius 1 is 1.00 bits per heavy atom. The fourth-order valence-corrected chi connectivity index (χ4v) is 2.26. The third kappa shape index (κ3) is 3.83. The van der Waals surface area contributed by atoms with Crippen molar-refractivity contribution in [2.45, 2.75) is 6.54 Å². The number of hydrogen-bond donors (Lipinski definition) is 1. The SMILES string of the molecule is CN(Cc1ccccc1)c1cc(Nc2ccccc2F)ncn1. The quantitative estimate of drug-likeness (QED) is 0.773. The summed E-state index contributed by atoms with van der Waals surface area (Å²) in [4.78, 5) is 10.4. The number of anilines is 3. The molecule has 23 heavy (non-hydrogen) atoms. The van der Waals surface area contributed by atoms with Gasteiger partial charge in [-0.3, -0.25) is 0 Å². The van der Waals surface area contributed by atoms with E-state index in [0.717, 1.165) is 12.4 Å². The first-order valence-corrected chi connectivity index (χ1v) is 7.31. The summed E-state index contributed by atoms with van der Waals surface area (Å²) in [5.74, 6) is 1.01. The molecule has 0 fully saturated rings. The molecule has 0 aliphatic heterocycles. The van der Waals surface area contributed by atoms with Gasteiger partial charge in [0, 0.05) is 19.7 Å². The Kier molecular flexibility index (Phi) is 4.47. The molecule has 116 valence electrons. The van der Waals surface area contributed by atoms with Crippen LogP contribution in [0.1, 0.15) is 5.56 Å². The van der Waals surface area contributed by atoms with Gasteiger partial charge in [-0.1, -0.05) is 42.5 Å². The van der Waals surface area contributed by atoms with E-state index in [0.29, 0.717) is 11.5 Å². The molecule has 3 aromatic rings. The van der Waals surface area contributed by atoms with Crippen molar-refractivity contribution in [2.75, 3.05) is 17.3 Å². The van der Waals surface area contributed by atoms with Crippen LogP contribution in [-0.4, -0.2) is 17.0 Å². The van der Waals surface area contributed by atoms with E-state index in [9.17, 15) is 4.39 Å². The molecule has 0 radical (unpaired) electrons. The zero-order chi connectivity index (χ0) is 16.1. The summed E-state index contributed by atoms with van der Waals surface area (Å²) in [6, 6.07) is 18.4. The number of benzene rings is 2. The summed E-state index contributed by atoms with van der Waals surface area (Å²) in [5.41, 5.74) is 1.58. The first-order chi connectivity index (χ1) is 11.2. The van der Waals surface area contributed by atoms with E-state index < -0.39 is 0 Å². The fraction of sp³-hybridized carbons (Fsp3) is 0.111. The maximum atomic E-state index is 13.7. The van der Waals surface area contributed by atoms with Gasteiger partial charge in [-0.25, -0.2) is 14.4 Å². The predicted octanol–water partition coefficient (Wildman–Crippen LogP) is 4.00. The normalized spacial score (nSPS) is 10.3. The highest BCUT2D eigenvalue weighted by Gasteiger charge is 2.07. The molecule has 0 atom stereocenters. The van der Waals surface area contributed by atoms with Gasteiger partial charge in [0.15, 0.2) is 0 Å². The smallest absolute Gasteiger partial charge is 0.146 e. The predicted molar refractivity (Wildman–Crippen MR) is 90.3 cm³/mol. The van der Waals surface area contributed by atoms with Crippen LogP contribution in [0.3, 0.4) is 0 Å². The van der Waals surface area contributed by atoms with Crippen molar-refractivity contribution < 1.29 is 4.39 Å². The lowest BCUT2D eigenvalue weighted by Gasteiger charge is -2.18. The van der Waals surface area contributed by atoms with Crippen molar-refractivity contribution >= 4 is 17.3 Å². The molecule has 3 rings (SSSR count). The second-order valence-corrected chi connectivity index (χ2v) is 5.21. The van der Waals surface area contributed by atoms with Crippen molar-refractivity contribution in [2.24, 2.45) is 0 Å². The van der Waals surface area contributed by atoms with Gasteiger partial charge in [-0.05, 0) is 17.7 Å². The minimum absolute atomic E-state index is 0.315. The van der Waals surface area contributed by atoms with Crippen LogP contribution in [0.15, 0.2) is 67.0 Å². The topological polar surface area (TPSA) is 41.0 Å². The molecule has 0 bridgehead atoms. The van der Waals surface area contributed by atoms with Crippen molar-refractivity contribution in [3.05, 3.63) is 78.4 Å². The van der Waals surface area contributed by atoms with Crippen LogP contribution >= 0.6 is 0 Å². The summed E-state index contributed by atoms with van der Waals surface area (Å²) < 4.78 is 13.7. The fourth-order valence-electron chi connectivity index (χ4n) is 2.26. The number of hydrogen-bond acceptors (Lipinski definition) is 4. The maximum Gasteiger partial charge on any atom is 0.146 e. The van der Waals surface area contributed by atoms with Crippen LogP contribution < -0.4 is 10.2 Å². The summed E-state index contributed by atoms with van der Waals surface area (Å²) >= 11 is 0. The Hall–Kier alpha value is -2.95. The molecule has 1 aromatic heterocycles. The largest absolute Gasteiger partial charge is 0.355 e. The average Bonchev–Trinajstić information content (AvgIpc) is 2.58. The molecule has 0 spiro atoms. The number of rotatable bonds is 5. The molecule has 0 aliphatic carbocycles. The van der Waals surface area contributed by atoms with Crippen molar-refractivity contribution in [3.63, 3.8) is 0 Å². The Bertz CT molecular complexity index is 777. The molecule has 1 heterocycles. The van der Waals surface area contributed by atoms with Gasteiger partial charge in [-0.2, -0.15) is 0 Å². The Labute approximate surface area is 134 Å². The maximum absolute atomic E-state index is 13.7. The molecular formula is C18H17FN4. The van der Waals surface area contributed by atoms with Crippen molar-refractivity contribution in [1.82, 2.24) is 9.97 Å². The highest BCUT2D eigenvalue weighted by Crippen LogP contribution is 2.20. The highest BCUT2D eigenvalue weighted by molar-refractivity contribution is 5.59. The highest BCUT2D eigenvalue weighted by atomic mass is 19.1. The van der Waals surface area contributed by atoms with Gasteiger partial charge in [0.25, 0.3) is 0 Å². The molecule has 1 N–H and O–H groups in total. The van der Waals surface area contributed by atoms with E-state index in [-0.39, 0.29) is 5.82 Å². The zero-order valence-electron chi connectivity index (χ0n) is 12.8. The van der Waals surface area contributed by atoms with Crippen molar-refractivity contribution in [3.8, 4) is 0 Å². The Balaban J connectivity index is 1.76. The van der Waals surface area contributed by atoms with E-state index in [2.05, 4.69) is 27.4 Å². The van der Waals surface area contributed by atoms with Gasteiger partial charge in [0.2, 0.25) is 0 Å². The average molecular weight is 308 g/mol. The van der Waals surface area contributed by atoms with Gasteiger partial charge in [-0.15, -0.1) is 0 Å². The van der Waals surface area contributed by atoms with Gasteiger partial charge >= 0.3 is 0 Å². The van der Waals surface area contributed by atoms with Crippen LogP contribution in [0.5, 0.6) is 0 Å². The zero-order valence-corrected chi connectivity index (χ0v) is 12.8. The minimum atomic E-state index is -0.315. The van der Waals surface area contributed by atoms with Crippen molar-refractivity contribution in [1.29, 1.82) is 0 Å². The van der Waals surface area contributed by atoms with Crippen LogP contribution in [0.2, 0.25) is 0 Å². The minimum Gasteiger partial charge on any atom is -0.355 e. The van der Waals surface area contributed by atoms with E-state index in [1.807, 2.05) is 30.1 Å². The van der Waals surface area contributed by atoms with Gasteiger partial charge in [0.1, 0.15) is 23.8 Å². The lowest BCUT2D eigenvalue weighted by Crippen LogP contribution is -2.18. The number of halogens is 1. The Morgan fingerprint density at radius 3 is 2.52 bits per heavy atom. The van der Waals surface area contributed by atoms with Crippen LogP contribution in [0.25, 0.3) is 0 Å². The second kappa shape index (κ2) is 6.87. The lowest BCUT2D eigenvalue weighted by atomic mass is 10.2. The second-order valence-electron chi connectivity index (χ2n) is 5.21. The molecule has 5 heteroatoms. The first-order valence-electron chi connectivity index (χ1n) is 7.31. The molecule has 0 saturated carbocycles. The summed E-state index contributed by atoms with van der Waals surface area (Å²) in [6.07, 6.45) is 1.47. The van der Waals surface area contributed by atoms with Crippen LogP contribution in [-0.2, 0) is 6.54 Å². The molecule has 0 aliphatic rings. The molecule has 4 nitrogen and oxygen atoms in total. The van der Waals surface area contributed by atoms with E-state index in [1.165, 1.54) is 18.0 Å². The van der Waals surface area contributed by atoms with Gasteiger partial charge < -0.3 is 10.2 Å². The third-order valence-electron chi connectivity index (χ3n) is 3.44. The molecule has 0 amide bonds. The summed E-state index contributed by atoms with van der Waals surface area (Å²) in [7, 11) is 1.96. The number of nitrogens with zero attached hydrogens (tertiary/aromatic N) is 3.